The van der Waals surface area contributed by atoms with Crippen LogP contribution in [-0.2, 0) is 19.2 Å². The first-order chi connectivity index (χ1) is 18.2. The zero-order valence-electron chi connectivity index (χ0n) is 20.7. The quantitative estimate of drug-likeness (QED) is 0.0828. The van der Waals surface area contributed by atoms with Crippen molar-refractivity contribution in [3.05, 3.63) is 58.3 Å². The molecule has 4 heterocycles. The first-order valence-electron chi connectivity index (χ1n) is 11.5. The number of hydrogen-bond donors (Lipinski definition) is 5. The van der Waals surface area contributed by atoms with Gasteiger partial charge in [-0.25, -0.2) is 9.78 Å². The minimum Gasteiger partial charge on any atom is -0.508 e. The summed E-state index contributed by atoms with van der Waals surface area (Å²) in [6.07, 6.45) is 2.53. The standard InChI is InChI=1S/C24H22N6O7S.Na/c25-24-26-15(10-38-24)17(28-37)20(32)27-18-16-6-1-11(19(23(35)36)30(16)22(18)34)9-12-7-8-29(21(12)33)13-2-4-14(31)5-3-13;/h2-5,9-10,16,18,31,37H,1,6-8H2,(H2,25,26)(H,27,32)(H,35,36);/t16-,18+;/m1./s1. The summed E-state index contributed by atoms with van der Waals surface area (Å²) in [4.78, 5) is 57.4. The van der Waals surface area contributed by atoms with Crippen molar-refractivity contribution >= 4 is 81.1 Å². The number of phenolic OH excluding ortho intramolecular Hbond substituents is 1. The van der Waals surface area contributed by atoms with Crippen LogP contribution in [0.2, 0.25) is 0 Å². The molecule has 2 fully saturated rings. The van der Waals surface area contributed by atoms with Crippen molar-refractivity contribution in [2.75, 3.05) is 17.2 Å². The summed E-state index contributed by atoms with van der Waals surface area (Å²) in [6.45, 7) is 0.393. The molecular weight excluding hydrogens is 539 g/mol. The number of aromatic nitrogens is 1. The Morgan fingerprint density at radius 3 is 2.54 bits per heavy atom. The molecule has 3 aliphatic heterocycles. The molecule has 0 bridgehead atoms. The van der Waals surface area contributed by atoms with Gasteiger partial charge >= 0.3 is 5.97 Å². The smallest absolute Gasteiger partial charge is 0.352 e. The fraction of sp³-hybridized carbons (Fsp3) is 0.250. The van der Waals surface area contributed by atoms with E-state index in [1.807, 2.05) is 0 Å². The van der Waals surface area contributed by atoms with Gasteiger partial charge in [0.15, 0.2) is 10.8 Å². The number of carbonyl (C=O) groups excluding carboxylic acids is 3. The molecular formula is C24H22N6NaO7S. The van der Waals surface area contributed by atoms with E-state index in [4.69, 9.17) is 5.73 Å². The third-order valence-electron chi connectivity index (χ3n) is 6.68. The van der Waals surface area contributed by atoms with Gasteiger partial charge in [-0.2, -0.15) is 0 Å². The largest absolute Gasteiger partial charge is 0.508 e. The number of nitrogens with one attached hydrogen (secondary N) is 1. The van der Waals surface area contributed by atoms with Crippen LogP contribution in [0.25, 0.3) is 0 Å². The summed E-state index contributed by atoms with van der Waals surface area (Å²) in [7, 11) is 0. The monoisotopic (exact) mass is 561 g/mol. The third-order valence-corrected chi connectivity index (χ3v) is 7.35. The predicted octanol–water partition coefficient (Wildman–Crippen LogP) is 0.420. The maximum absolute atomic E-state index is 13.0. The molecule has 0 unspecified atom stereocenters. The number of phenols is 1. The number of aliphatic carboxylic acids is 1. The van der Waals surface area contributed by atoms with E-state index in [0.717, 1.165) is 16.2 Å². The zero-order chi connectivity index (χ0) is 27.1. The number of nitrogen functional groups attached to an aromatic ring is 1. The predicted molar refractivity (Wildman–Crippen MR) is 140 cm³/mol. The second-order valence-electron chi connectivity index (χ2n) is 8.86. The van der Waals surface area contributed by atoms with Crippen LogP contribution in [0, 0.1) is 0 Å². The third kappa shape index (κ3) is 5.15. The van der Waals surface area contributed by atoms with Crippen LogP contribution in [0.4, 0.5) is 10.8 Å². The Kier molecular flexibility index (Phi) is 8.11. The summed E-state index contributed by atoms with van der Waals surface area (Å²) in [5.41, 5.74) is 6.32. The number of nitrogens with zero attached hydrogens (tertiary/aromatic N) is 4. The fourth-order valence-electron chi connectivity index (χ4n) is 4.89. The molecule has 0 aliphatic carbocycles. The van der Waals surface area contributed by atoms with Crippen LogP contribution < -0.4 is 16.0 Å². The maximum Gasteiger partial charge on any atom is 0.352 e. The summed E-state index contributed by atoms with van der Waals surface area (Å²) in [6, 6.07) is 4.55. The molecule has 39 heavy (non-hydrogen) atoms. The molecule has 1 radical (unpaired) electrons. The molecule has 1 aromatic heterocycles. The minimum absolute atomic E-state index is 0. The summed E-state index contributed by atoms with van der Waals surface area (Å²) in [5, 5.41) is 35.8. The number of benzene rings is 1. The number of carboxylic acid groups (broad SMARTS) is 1. The number of β-lactam (4-membered cyclic amide) rings is 1. The van der Waals surface area contributed by atoms with E-state index in [0.29, 0.717) is 36.2 Å². The topological polar surface area (TPSA) is 199 Å². The number of allylic oxidation sites excluding steroid dienone is 2. The van der Waals surface area contributed by atoms with Crippen LogP contribution in [-0.4, -0.2) is 103 Å². The van der Waals surface area contributed by atoms with Crippen LogP contribution in [0.3, 0.4) is 0 Å². The Morgan fingerprint density at radius 1 is 1.21 bits per heavy atom. The molecule has 6 N–H and O–H groups in total. The van der Waals surface area contributed by atoms with Crippen molar-refractivity contribution in [2.24, 2.45) is 5.16 Å². The van der Waals surface area contributed by atoms with Crippen molar-refractivity contribution < 1.29 is 34.6 Å². The van der Waals surface area contributed by atoms with Gasteiger partial charge in [0.05, 0.1) is 6.04 Å². The number of thiazole rings is 1. The van der Waals surface area contributed by atoms with Gasteiger partial charge < -0.3 is 31.4 Å². The summed E-state index contributed by atoms with van der Waals surface area (Å²) >= 11 is 1.04. The molecule has 0 spiro atoms. The van der Waals surface area contributed by atoms with Crippen molar-refractivity contribution in [2.45, 2.75) is 31.3 Å². The molecule has 2 aromatic rings. The second-order valence-corrected chi connectivity index (χ2v) is 9.75. The van der Waals surface area contributed by atoms with Gasteiger partial charge in [-0.3, -0.25) is 19.3 Å². The van der Waals surface area contributed by atoms with E-state index >= 15 is 0 Å². The normalized spacial score (nSPS) is 21.9. The first kappa shape index (κ1) is 28.3. The van der Waals surface area contributed by atoms with E-state index in [2.05, 4.69) is 15.5 Å². The number of rotatable bonds is 6. The van der Waals surface area contributed by atoms with Gasteiger partial charge in [0.1, 0.15) is 23.2 Å². The number of carbonyl (C=O) groups is 4. The molecule has 0 saturated carbocycles. The van der Waals surface area contributed by atoms with E-state index in [-0.39, 0.29) is 64.2 Å². The van der Waals surface area contributed by atoms with E-state index < -0.39 is 35.6 Å². The van der Waals surface area contributed by atoms with Gasteiger partial charge in [-0.05, 0) is 55.2 Å². The van der Waals surface area contributed by atoms with Crippen molar-refractivity contribution in [1.29, 1.82) is 0 Å². The number of amides is 3. The molecule has 13 nitrogen and oxygen atoms in total. The van der Waals surface area contributed by atoms with Crippen molar-refractivity contribution in [1.82, 2.24) is 15.2 Å². The molecule has 3 amide bonds. The first-order valence-corrected chi connectivity index (χ1v) is 12.4. The van der Waals surface area contributed by atoms with Crippen LogP contribution >= 0.6 is 11.3 Å². The van der Waals surface area contributed by atoms with Gasteiger partial charge in [0.25, 0.3) is 17.7 Å². The van der Waals surface area contributed by atoms with Gasteiger partial charge in [0.2, 0.25) is 0 Å². The average Bonchev–Trinajstić information content (AvgIpc) is 3.48. The maximum atomic E-state index is 13.0. The molecule has 5 rings (SSSR count). The zero-order valence-corrected chi connectivity index (χ0v) is 23.5. The number of aromatic hydroxyl groups is 1. The van der Waals surface area contributed by atoms with E-state index in [1.54, 1.807) is 12.1 Å². The Hall–Kier alpha value is -3.72. The van der Waals surface area contributed by atoms with Crippen LogP contribution in [0.1, 0.15) is 25.0 Å². The molecule has 197 valence electrons. The van der Waals surface area contributed by atoms with Crippen molar-refractivity contribution in [3.8, 4) is 5.75 Å². The molecule has 2 atom stereocenters. The Balaban J connectivity index is 0.00000353. The second kappa shape index (κ2) is 11.2. The number of hydrogen-bond acceptors (Lipinski definition) is 10. The SMILES string of the molecule is Nc1nc(C(=NO)C(=O)N[C@@H]2C(=O)N3C(C(=O)O)=C(C=C4CCN(c5ccc(O)cc5)C4=O)CC[C@H]23)cs1.[Na]. The number of oxime groups is 1. The average molecular weight is 562 g/mol. The Labute approximate surface area is 247 Å². The molecule has 1 aromatic carbocycles. The number of fused-ring (bicyclic) bond motifs is 1. The summed E-state index contributed by atoms with van der Waals surface area (Å²) < 4.78 is 0. The minimum atomic E-state index is -1.32. The van der Waals surface area contributed by atoms with Crippen LogP contribution in [0.15, 0.2) is 57.7 Å². The van der Waals surface area contributed by atoms with Gasteiger partial charge in [-0.1, -0.05) is 5.16 Å². The fourth-order valence-corrected chi connectivity index (χ4v) is 5.44. The van der Waals surface area contributed by atoms with Gasteiger partial charge in [0, 0.05) is 52.7 Å². The summed E-state index contributed by atoms with van der Waals surface area (Å²) in [5.74, 6) is -3.01. The molecule has 2 saturated heterocycles. The van der Waals surface area contributed by atoms with Crippen molar-refractivity contribution in [3.63, 3.8) is 0 Å². The molecule has 15 heteroatoms. The Morgan fingerprint density at radius 2 is 1.92 bits per heavy atom. The number of anilines is 2. The van der Waals surface area contributed by atoms with E-state index in [9.17, 15) is 34.6 Å². The molecule has 3 aliphatic rings. The number of carboxylic acids is 1. The van der Waals surface area contributed by atoms with Gasteiger partial charge in [-0.15, -0.1) is 11.3 Å². The van der Waals surface area contributed by atoms with E-state index in [1.165, 1.54) is 28.5 Å². The Bertz CT molecular complexity index is 1450. The number of nitrogens with two attached hydrogens (primary N) is 1. The van der Waals surface area contributed by atoms with Crippen LogP contribution in [0.5, 0.6) is 5.75 Å².